The standard InChI is InChI=1S/C36H51FN4O7S/c1-49(47,48)40-30-23-26(12-14-32(30)43)33(44)25-39-20-10-6-4-2-3-5-8-18-36(27-13-15-31(42)29(37)24-27)19-9-7-11-34(36)41(35(45)46)28-16-21-38-22-17-28/h7,9,11-15,23-24,28,33,38-40,42-44H,2-6,8,10,16-22,25H2,1H3,(H,45,46)/p-1/t33-,36?/m0/s1. The van der Waals surface area contributed by atoms with Gasteiger partial charge in [0.1, 0.15) is 11.8 Å². The van der Waals surface area contributed by atoms with Gasteiger partial charge in [-0.3, -0.25) is 4.72 Å². The van der Waals surface area contributed by atoms with Crippen LogP contribution in [-0.4, -0.2) is 73.2 Å². The van der Waals surface area contributed by atoms with Gasteiger partial charge in [0, 0.05) is 23.7 Å². The lowest BCUT2D eigenvalue weighted by Gasteiger charge is -2.47. The molecule has 2 aromatic carbocycles. The van der Waals surface area contributed by atoms with Gasteiger partial charge in [-0.2, -0.15) is 0 Å². The van der Waals surface area contributed by atoms with Gasteiger partial charge in [0.15, 0.2) is 11.6 Å². The van der Waals surface area contributed by atoms with Crippen molar-refractivity contribution in [3.63, 3.8) is 0 Å². The second kappa shape index (κ2) is 17.8. The number of unbranched alkanes of at least 4 members (excludes halogenated alkanes) is 6. The number of phenols is 2. The van der Waals surface area contributed by atoms with E-state index >= 15 is 0 Å². The number of aliphatic hydroxyl groups excluding tert-OH is 1. The van der Waals surface area contributed by atoms with Crippen molar-refractivity contribution in [3.05, 3.63) is 77.3 Å². The first kappa shape index (κ1) is 38.2. The smallest absolute Gasteiger partial charge is 0.229 e. The van der Waals surface area contributed by atoms with Gasteiger partial charge in [0.05, 0.1) is 18.0 Å². The molecule has 1 heterocycles. The number of benzene rings is 2. The third-order valence-electron chi connectivity index (χ3n) is 9.47. The summed E-state index contributed by atoms with van der Waals surface area (Å²) in [5, 5.41) is 49.4. The van der Waals surface area contributed by atoms with Crippen molar-refractivity contribution in [2.24, 2.45) is 0 Å². The fourth-order valence-electron chi connectivity index (χ4n) is 6.92. The van der Waals surface area contributed by atoms with E-state index in [0.29, 0.717) is 62.1 Å². The molecule has 2 aliphatic rings. The number of hydrogen-bond acceptors (Lipinski definition) is 9. The van der Waals surface area contributed by atoms with Crippen LogP contribution in [0.3, 0.4) is 0 Å². The minimum Gasteiger partial charge on any atom is -0.530 e. The van der Waals surface area contributed by atoms with Gasteiger partial charge in [-0.05, 0) is 93.2 Å². The predicted octanol–water partition coefficient (Wildman–Crippen LogP) is 4.53. The van der Waals surface area contributed by atoms with Crippen LogP contribution in [0.15, 0.2) is 60.3 Å². The van der Waals surface area contributed by atoms with Gasteiger partial charge in [-0.25, -0.2) is 12.8 Å². The maximum atomic E-state index is 14.7. The number of sulfonamides is 1. The molecule has 1 aliphatic carbocycles. The Labute approximate surface area is 289 Å². The summed E-state index contributed by atoms with van der Waals surface area (Å²) in [5.41, 5.74) is 0.997. The number of carbonyl (C=O) groups excluding carboxylic acids is 1. The van der Waals surface area contributed by atoms with Gasteiger partial charge < -0.3 is 40.8 Å². The molecule has 11 nitrogen and oxygen atoms in total. The van der Waals surface area contributed by atoms with Crippen molar-refractivity contribution in [3.8, 4) is 11.5 Å². The van der Waals surface area contributed by atoms with E-state index in [1.165, 1.54) is 29.2 Å². The number of nitrogens with zero attached hydrogens (tertiary/aromatic N) is 1. The number of halogens is 1. The van der Waals surface area contributed by atoms with E-state index in [9.17, 15) is 38.0 Å². The fraction of sp³-hybridized carbons (Fsp3) is 0.528. The molecule has 0 bridgehead atoms. The summed E-state index contributed by atoms with van der Waals surface area (Å²) >= 11 is 0. The van der Waals surface area contributed by atoms with E-state index in [2.05, 4.69) is 15.4 Å². The number of rotatable bonds is 18. The molecule has 1 aliphatic heterocycles. The highest BCUT2D eigenvalue weighted by molar-refractivity contribution is 7.92. The molecule has 1 saturated heterocycles. The van der Waals surface area contributed by atoms with Gasteiger partial charge >= 0.3 is 0 Å². The van der Waals surface area contributed by atoms with Crippen LogP contribution in [0.1, 0.15) is 87.9 Å². The van der Waals surface area contributed by atoms with Crippen molar-refractivity contribution < 1.29 is 38.0 Å². The summed E-state index contributed by atoms with van der Waals surface area (Å²) in [6.07, 6.45) is 13.8. The lowest BCUT2D eigenvalue weighted by molar-refractivity contribution is -0.266. The summed E-state index contributed by atoms with van der Waals surface area (Å²) in [6.45, 7) is 2.42. The largest absolute Gasteiger partial charge is 0.530 e. The van der Waals surface area contributed by atoms with Crippen molar-refractivity contribution in [2.75, 3.05) is 37.2 Å². The number of allylic oxidation sites excluding steroid dienone is 4. The highest BCUT2D eigenvalue weighted by Gasteiger charge is 2.41. The molecule has 49 heavy (non-hydrogen) atoms. The van der Waals surface area contributed by atoms with Crippen molar-refractivity contribution in [2.45, 2.75) is 88.2 Å². The molecule has 0 radical (unpaired) electrons. The molecule has 1 amide bonds. The lowest BCUT2D eigenvalue weighted by Crippen LogP contribution is -2.54. The summed E-state index contributed by atoms with van der Waals surface area (Å²) in [5.74, 6) is -1.38. The minimum atomic E-state index is -3.57. The highest BCUT2D eigenvalue weighted by atomic mass is 32.2. The first-order chi connectivity index (χ1) is 23.4. The van der Waals surface area contributed by atoms with Crippen molar-refractivity contribution >= 4 is 21.8 Å². The SMILES string of the molecule is CS(=O)(=O)Nc1cc([C@@H](O)CNCCCCCCCCCC2(c3ccc(O)c(F)c3)CC=CC=C2N(C(=O)[O-])C2CCNCC2)ccc1O. The molecule has 0 saturated carbocycles. The monoisotopic (exact) mass is 701 g/mol. The van der Waals surface area contributed by atoms with E-state index in [4.69, 9.17) is 0 Å². The molecule has 1 unspecified atom stereocenters. The van der Waals surface area contributed by atoms with E-state index in [1.807, 2.05) is 18.2 Å². The maximum Gasteiger partial charge on any atom is 0.229 e. The molecular formula is C36H50FN4O7S-. The molecule has 13 heteroatoms. The maximum absolute atomic E-state index is 14.7. The third kappa shape index (κ3) is 10.7. The summed E-state index contributed by atoms with van der Waals surface area (Å²) in [7, 11) is -3.57. The fourth-order valence-corrected chi connectivity index (χ4v) is 7.48. The highest BCUT2D eigenvalue weighted by Crippen LogP contribution is 2.46. The molecule has 0 spiro atoms. The summed E-state index contributed by atoms with van der Waals surface area (Å²) < 4.78 is 40.0. The number of aliphatic hydroxyl groups is 1. The van der Waals surface area contributed by atoms with Crippen LogP contribution in [0.5, 0.6) is 11.5 Å². The van der Waals surface area contributed by atoms with Crippen LogP contribution in [0.4, 0.5) is 14.9 Å². The minimum absolute atomic E-state index is 0.0210. The Hall–Kier alpha value is -3.65. The Morgan fingerprint density at radius 1 is 1.04 bits per heavy atom. The Kier molecular flexibility index (Phi) is 13.9. The van der Waals surface area contributed by atoms with Crippen molar-refractivity contribution in [1.82, 2.24) is 15.5 Å². The first-order valence-electron chi connectivity index (χ1n) is 17.2. The molecule has 6 N–H and O–H groups in total. The van der Waals surface area contributed by atoms with E-state index < -0.39 is 39.2 Å². The number of aromatic hydroxyl groups is 2. The Morgan fingerprint density at radius 2 is 1.71 bits per heavy atom. The number of nitrogens with one attached hydrogen (secondary N) is 3. The second-order valence-electron chi connectivity index (χ2n) is 13.1. The zero-order chi connectivity index (χ0) is 35.4. The van der Waals surface area contributed by atoms with Crippen molar-refractivity contribution in [1.29, 1.82) is 0 Å². The quantitative estimate of drug-likeness (QED) is 0.0964. The second-order valence-corrected chi connectivity index (χ2v) is 14.9. The summed E-state index contributed by atoms with van der Waals surface area (Å²) in [4.78, 5) is 14.0. The average molecular weight is 702 g/mol. The van der Waals surface area contributed by atoms with Crippen LogP contribution in [0.2, 0.25) is 0 Å². The molecule has 1 fully saturated rings. The lowest BCUT2D eigenvalue weighted by atomic mass is 9.68. The normalized spacial score (nSPS) is 19.0. The Balaban J connectivity index is 1.24. The van der Waals surface area contributed by atoms with Crippen LogP contribution in [-0.2, 0) is 15.4 Å². The zero-order valence-electron chi connectivity index (χ0n) is 28.2. The van der Waals surface area contributed by atoms with Crippen LogP contribution < -0.4 is 20.5 Å². The third-order valence-corrected chi connectivity index (χ3v) is 10.1. The van der Waals surface area contributed by atoms with Gasteiger partial charge in [0.2, 0.25) is 10.0 Å². The molecular weight excluding hydrogens is 651 g/mol. The van der Waals surface area contributed by atoms with Crippen LogP contribution in [0.25, 0.3) is 0 Å². The number of phenolic OH excluding ortho intramolecular Hbond substituents is 2. The van der Waals surface area contributed by atoms with E-state index in [0.717, 1.165) is 51.2 Å². The number of piperidine rings is 1. The first-order valence-corrected chi connectivity index (χ1v) is 19.1. The van der Waals surface area contributed by atoms with Gasteiger partial charge in [0.25, 0.3) is 0 Å². The number of hydrogen-bond donors (Lipinski definition) is 6. The summed E-state index contributed by atoms with van der Waals surface area (Å²) in [6, 6.07) is 8.47. The van der Waals surface area contributed by atoms with E-state index in [1.54, 1.807) is 12.1 Å². The number of carboxylic acid groups (broad SMARTS) is 1. The molecule has 0 aromatic heterocycles. The Morgan fingerprint density at radius 3 is 2.39 bits per heavy atom. The molecule has 4 rings (SSSR count). The molecule has 2 aromatic rings. The van der Waals surface area contributed by atoms with Gasteiger partial charge in [-0.1, -0.05) is 62.8 Å². The predicted molar refractivity (Wildman–Crippen MR) is 186 cm³/mol. The molecule has 270 valence electrons. The van der Waals surface area contributed by atoms with Crippen LogP contribution >= 0.6 is 0 Å². The zero-order valence-corrected chi connectivity index (χ0v) is 29.0. The van der Waals surface area contributed by atoms with Gasteiger partial charge in [-0.15, -0.1) is 0 Å². The average Bonchev–Trinajstić information content (AvgIpc) is 3.06. The molecule has 2 atom stereocenters. The number of anilines is 1. The number of carbonyl (C=O) groups is 1. The Bertz CT molecular complexity index is 1580. The van der Waals surface area contributed by atoms with E-state index in [-0.39, 0.29) is 24.0 Å². The number of amides is 1. The van der Waals surface area contributed by atoms with Crippen LogP contribution in [0, 0.1) is 5.82 Å². The topological polar surface area (TPSA) is 174 Å².